The first-order chi connectivity index (χ1) is 35.4. The SMILES string of the molecule is CCCCCCCCCCCCCCCCCCCCCCCC(C=Nc1ccc(CCCCC)c(CCCCC)c1)=Nc1ccc(CCCCC)c(CCCCC)c1.CCCCCc1cccc([O-])c1[O-].[Ni+2]. The summed E-state index contributed by atoms with van der Waals surface area (Å²) in [5.41, 5.74) is 10.1. The number of benzene rings is 3. The van der Waals surface area contributed by atoms with Gasteiger partial charge in [0.05, 0.1) is 17.1 Å². The number of aryl methyl sites for hydroxylation is 5. The van der Waals surface area contributed by atoms with Gasteiger partial charge in [-0.05, 0) is 124 Å². The molecule has 0 spiro atoms. The fraction of sp³-hybridized carbons (Fsp3) is 0.706. The van der Waals surface area contributed by atoms with Gasteiger partial charge in [0.2, 0.25) is 0 Å². The summed E-state index contributed by atoms with van der Waals surface area (Å²) in [6, 6.07) is 18.8. The third-order valence-corrected chi connectivity index (χ3v) is 14.9. The van der Waals surface area contributed by atoms with Gasteiger partial charge in [0.15, 0.2) is 0 Å². The minimum atomic E-state index is -0.381. The molecule has 5 heteroatoms. The van der Waals surface area contributed by atoms with E-state index in [1.54, 1.807) is 17.7 Å². The van der Waals surface area contributed by atoms with Gasteiger partial charge in [0, 0.05) is 6.21 Å². The molecule has 0 unspecified atom stereocenters. The zero-order valence-electron chi connectivity index (χ0n) is 48.5. The van der Waals surface area contributed by atoms with Crippen LogP contribution in [0.1, 0.15) is 307 Å². The van der Waals surface area contributed by atoms with Gasteiger partial charge in [-0.25, -0.2) is 0 Å². The van der Waals surface area contributed by atoms with Gasteiger partial charge in [-0.15, -0.1) is 11.5 Å². The van der Waals surface area contributed by atoms with Gasteiger partial charge in [-0.3, -0.25) is 9.98 Å². The minimum absolute atomic E-state index is 0. The molecular weight excluding hydrogens is 935 g/mol. The van der Waals surface area contributed by atoms with Crippen molar-refractivity contribution in [3.63, 3.8) is 0 Å². The normalized spacial score (nSPS) is 11.6. The van der Waals surface area contributed by atoms with E-state index in [4.69, 9.17) is 9.98 Å². The maximum absolute atomic E-state index is 11.3. The first kappa shape index (κ1) is 68.1. The van der Waals surface area contributed by atoms with Crippen molar-refractivity contribution in [1.82, 2.24) is 0 Å². The van der Waals surface area contributed by atoms with E-state index in [1.165, 1.54) is 260 Å². The van der Waals surface area contributed by atoms with Gasteiger partial charge in [-0.2, -0.15) is 0 Å². The summed E-state index contributed by atoms with van der Waals surface area (Å²) in [6.07, 6.45) is 57.1. The molecule has 0 aliphatic rings. The van der Waals surface area contributed by atoms with E-state index in [1.807, 2.05) is 0 Å². The van der Waals surface area contributed by atoms with E-state index in [0.717, 1.165) is 49.2 Å². The number of nitrogens with zero attached hydrogens (tertiary/aromatic N) is 2. The molecular formula is C68H112N2NiO2. The average molecular weight is 1050 g/mol. The van der Waals surface area contributed by atoms with Crippen LogP contribution < -0.4 is 10.2 Å². The number of aliphatic imine (C=N–C) groups is 2. The number of hydrogen-bond acceptors (Lipinski definition) is 4. The number of para-hydroxylation sites is 1. The predicted octanol–water partition coefficient (Wildman–Crippen LogP) is 21.3. The Labute approximate surface area is 462 Å². The third kappa shape index (κ3) is 35.1. The second-order valence-corrected chi connectivity index (χ2v) is 21.6. The molecule has 0 heterocycles. The molecule has 416 valence electrons. The Bertz CT molecular complexity index is 1780. The molecule has 0 bridgehead atoms. The van der Waals surface area contributed by atoms with Crippen molar-refractivity contribution in [2.24, 2.45) is 9.98 Å². The summed E-state index contributed by atoms with van der Waals surface area (Å²) in [6.45, 7) is 13.6. The molecule has 3 aromatic carbocycles. The molecule has 0 saturated heterocycles. The first-order valence-electron chi connectivity index (χ1n) is 31.2. The minimum Gasteiger partial charge on any atom is -0.873 e. The molecule has 0 fully saturated rings. The molecule has 0 amide bonds. The summed E-state index contributed by atoms with van der Waals surface area (Å²) in [7, 11) is 0. The van der Waals surface area contributed by atoms with Crippen LogP contribution in [0.2, 0.25) is 0 Å². The van der Waals surface area contributed by atoms with E-state index in [2.05, 4.69) is 84.2 Å². The third-order valence-electron chi connectivity index (χ3n) is 14.9. The van der Waals surface area contributed by atoms with Crippen molar-refractivity contribution < 1.29 is 26.7 Å². The molecule has 4 nitrogen and oxygen atoms in total. The molecule has 0 aliphatic carbocycles. The van der Waals surface area contributed by atoms with E-state index < -0.39 is 0 Å². The first-order valence-corrected chi connectivity index (χ1v) is 31.2. The largest absolute Gasteiger partial charge is 2.00 e. The quantitative estimate of drug-likeness (QED) is 0.0321. The number of unbranched alkanes of at least 4 members (excludes halogenated alkanes) is 30. The van der Waals surface area contributed by atoms with Crippen molar-refractivity contribution in [1.29, 1.82) is 0 Å². The van der Waals surface area contributed by atoms with Gasteiger partial charge >= 0.3 is 16.5 Å². The topological polar surface area (TPSA) is 70.8 Å². The Hall–Kier alpha value is -2.91. The van der Waals surface area contributed by atoms with E-state index in [-0.39, 0.29) is 28.0 Å². The smallest absolute Gasteiger partial charge is 0.873 e. The van der Waals surface area contributed by atoms with Crippen molar-refractivity contribution in [2.45, 2.75) is 311 Å². The van der Waals surface area contributed by atoms with Crippen LogP contribution in [0.25, 0.3) is 0 Å². The molecule has 0 radical (unpaired) electrons. The number of hydrogen-bond donors (Lipinski definition) is 0. The Morgan fingerprint density at radius 1 is 0.356 bits per heavy atom. The second kappa shape index (κ2) is 48.7. The second-order valence-electron chi connectivity index (χ2n) is 21.6. The Morgan fingerprint density at radius 3 is 1.10 bits per heavy atom. The Balaban J connectivity index is 0.00000164. The van der Waals surface area contributed by atoms with E-state index in [0.29, 0.717) is 5.56 Å². The maximum atomic E-state index is 11.3. The van der Waals surface area contributed by atoms with E-state index in [9.17, 15) is 10.2 Å². The summed E-state index contributed by atoms with van der Waals surface area (Å²) in [4.78, 5) is 10.5. The van der Waals surface area contributed by atoms with Crippen molar-refractivity contribution in [3.8, 4) is 11.5 Å². The van der Waals surface area contributed by atoms with Crippen molar-refractivity contribution in [2.75, 3.05) is 0 Å². The number of rotatable bonds is 45. The Morgan fingerprint density at radius 2 is 0.685 bits per heavy atom. The van der Waals surface area contributed by atoms with Gasteiger partial charge < -0.3 is 10.2 Å². The average Bonchev–Trinajstić information content (AvgIpc) is 3.38. The fourth-order valence-corrected chi connectivity index (χ4v) is 10.1. The van der Waals surface area contributed by atoms with Crippen LogP contribution in [0.3, 0.4) is 0 Å². The van der Waals surface area contributed by atoms with Gasteiger partial charge in [0.1, 0.15) is 0 Å². The van der Waals surface area contributed by atoms with Crippen LogP contribution in [0.5, 0.6) is 11.5 Å². The van der Waals surface area contributed by atoms with Gasteiger partial charge in [-0.1, -0.05) is 270 Å². The monoisotopic (exact) mass is 1050 g/mol. The maximum Gasteiger partial charge on any atom is 2.00 e. The van der Waals surface area contributed by atoms with Crippen LogP contribution in [-0.2, 0) is 48.6 Å². The van der Waals surface area contributed by atoms with Crippen LogP contribution in [0, 0.1) is 0 Å². The summed E-state index contributed by atoms with van der Waals surface area (Å²) in [5.74, 6) is -0.701. The summed E-state index contributed by atoms with van der Waals surface area (Å²) in [5, 5.41) is 22.2. The molecule has 0 saturated carbocycles. The Kier molecular flexibility index (Phi) is 45.5. The van der Waals surface area contributed by atoms with Crippen LogP contribution in [-0.4, -0.2) is 11.9 Å². The zero-order chi connectivity index (χ0) is 52.0. The van der Waals surface area contributed by atoms with Crippen molar-refractivity contribution >= 4 is 23.3 Å². The summed E-state index contributed by atoms with van der Waals surface area (Å²) < 4.78 is 0. The van der Waals surface area contributed by atoms with Crippen LogP contribution >= 0.6 is 0 Å². The van der Waals surface area contributed by atoms with Gasteiger partial charge in [0.25, 0.3) is 0 Å². The van der Waals surface area contributed by atoms with E-state index >= 15 is 0 Å². The van der Waals surface area contributed by atoms with Crippen molar-refractivity contribution in [3.05, 3.63) is 82.4 Å². The molecule has 0 aliphatic heterocycles. The molecule has 0 N–H and O–H groups in total. The molecule has 0 atom stereocenters. The molecule has 73 heavy (non-hydrogen) atoms. The van der Waals surface area contributed by atoms with Crippen LogP contribution in [0.4, 0.5) is 11.4 Å². The fourth-order valence-electron chi connectivity index (χ4n) is 10.1. The molecule has 3 rings (SSSR count). The summed E-state index contributed by atoms with van der Waals surface area (Å²) >= 11 is 0. The molecule has 0 aromatic heterocycles. The zero-order valence-corrected chi connectivity index (χ0v) is 49.5. The predicted molar refractivity (Wildman–Crippen MR) is 317 cm³/mol. The standard InChI is InChI=1S/C57H98N2.C11H16O2.Ni/c1-6-11-16-17-18-19-20-21-22-23-24-25-26-27-28-29-30-31-32-33-38-43-57(59-56-47-45-52(40-35-13-8-3)54(49-56)42-37-15-10-5)50-58-55-46-44-51(39-34-12-7-2)53(48-55)41-36-14-9-4;1-2-3-4-6-9-7-5-8-10(12)11(9)13;/h44-50H,6-43H2,1-5H3;5,7-8,12-13H,2-4,6H2,1H3;/q;;+2/p-2. The van der Waals surface area contributed by atoms with Crippen LogP contribution in [0.15, 0.2) is 64.6 Å². The molecule has 3 aromatic rings.